The summed E-state index contributed by atoms with van der Waals surface area (Å²) in [5.74, 6) is 2.72. The highest BCUT2D eigenvalue weighted by Gasteiger charge is 2.03. The molecule has 0 saturated heterocycles. The highest BCUT2D eigenvalue weighted by molar-refractivity contribution is 5.46. The van der Waals surface area contributed by atoms with Crippen LogP contribution in [0.5, 0.6) is 0 Å². The first kappa shape index (κ1) is 11.5. The van der Waals surface area contributed by atoms with Gasteiger partial charge in [-0.25, -0.2) is 0 Å². The minimum absolute atomic E-state index is 0.291. The second-order valence-corrected chi connectivity index (χ2v) is 2.72. The molecule has 0 saturated carbocycles. The molecular formula is C11H15NO. The lowest BCUT2D eigenvalue weighted by molar-refractivity contribution is -0.109. The fourth-order valence-corrected chi connectivity index (χ4v) is 1.03. The van der Waals surface area contributed by atoms with Crippen LogP contribution in [0.2, 0.25) is 0 Å². The predicted octanol–water partition coefficient (Wildman–Crippen LogP) is 1.50. The molecule has 0 fully saturated rings. The summed E-state index contributed by atoms with van der Waals surface area (Å²) in [6, 6.07) is 0. The number of carbonyl (C=O) groups excluding carboxylic acids is 1. The molecule has 0 aromatic heterocycles. The van der Waals surface area contributed by atoms with E-state index < -0.39 is 0 Å². The molecule has 0 bridgehead atoms. The summed E-state index contributed by atoms with van der Waals surface area (Å²) in [5.41, 5.74) is 1.13. The van der Waals surface area contributed by atoms with Crippen molar-refractivity contribution in [3.8, 4) is 12.3 Å². The van der Waals surface area contributed by atoms with E-state index in [1.54, 1.807) is 6.08 Å². The summed E-state index contributed by atoms with van der Waals surface area (Å²) in [4.78, 5) is 10.1. The maximum Gasteiger partial charge on any atom is 0.207 e. The van der Waals surface area contributed by atoms with Gasteiger partial charge in [0.15, 0.2) is 0 Å². The van der Waals surface area contributed by atoms with Crippen molar-refractivity contribution in [3.63, 3.8) is 0 Å². The molecule has 0 aromatic carbocycles. The molecule has 1 N–H and O–H groups in total. The number of hydrogen-bond donors (Lipinski definition) is 1. The summed E-state index contributed by atoms with van der Waals surface area (Å²) in [5, 5.41) is 2.63. The third kappa shape index (κ3) is 4.86. The zero-order chi connectivity index (χ0) is 10.1. The number of allylic oxidation sites excluding steroid dienone is 3. The lowest BCUT2D eigenvalue weighted by Gasteiger charge is -2.10. The molecule has 70 valence electrons. The number of amides is 1. The topological polar surface area (TPSA) is 29.1 Å². The van der Waals surface area contributed by atoms with Crippen LogP contribution in [0.1, 0.15) is 13.8 Å². The number of carbonyl (C=O) groups is 1. The zero-order valence-electron chi connectivity index (χ0n) is 8.08. The average molecular weight is 177 g/mol. The lowest BCUT2D eigenvalue weighted by atomic mass is 10.0. The molecule has 0 aliphatic rings. The van der Waals surface area contributed by atoms with E-state index in [2.05, 4.69) is 11.2 Å². The molecule has 1 atom stereocenters. The predicted molar refractivity (Wildman–Crippen MR) is 55.0 cm³/mol. The van der Waals surface area contributed by atoms with Gasteiger partial charge >= 0.3 is 0 Å². The molecule has 2 heteroatoms. The van der Waals surface area contributed by atoms with Gasteiger partial charge in [0.1, 0.15) is 0 Å². The quantitative estimate of drug-likeness (QED) is 0.385. The normalized spacial score (nSPS) is 13.8. The molecular weight excluding hydrogens is 162 g/mol. The molecule has 2 nitrogen and oxygen atoms in total. The van der Waals surface area contributed by atoms with Crippen molar-refractivity contribution >= 4 is 6.41 Å². The molecule has 13 heavy (non-hydrogen) atoms. The first-order valence-corrected chi connectivity index (χ1v) is 4.22. The summed E-state index contributed by atoms with van der Waals surface area (Å²) in [6.45, 7) is 4.62. The Morgan fingerprint density at radius 2 is 2.38 bits per heavy atom. The first-order chi connectivity index (χ1) is 6.26. The Morgan fingerprint density at radius 3 is 2.85 bits per heavy atom. The van der Waals surface area contributed by atoms with Gasteiger partial charge in [-0.3, -0.25) is 4.79 Å². The molecule has 0 radical (unpaired) electrons. The van der Waals surface area contributed by atoms with Crippen LogP contribution in [0.25, 0.3) is 0 Å². The molecule has 0 rings (SSSR count). The Hall–Kier alpha value is -1.49. The molecule has 0 aliphatic heterocycles. The maximum absolute atomic E-state index is 10.1. The van der Waals surface area contributed by atoms with E-state index >= 15 is 0 Å². The fraction of sp³-hybridized carbons (Fsp3) is 0.364. The van der Waals surface area contributed by atoms with E-state index in [1.807, 2.05) is 26.0 Å². The van der Waals surface area contributed by atoms with Gasteiger partial charge in [-0.05, 0) is 24.5 Å². The SMILES string of the molecule is C#C/C=C\C(=C/C)C(C)CNC=O. The van der Waals surface area contributed by atoms with Gasteiger partial charge in [-0.1, -0.05) is 25.0 Å². The highest BCUT2D eigenvalue weighted by atomic mass is 16.1. The fourth-order valence-electron chi connectivity index (χ4n) is 1.03. The van der Waals surface area contributed by atoms with Crippen LogP contribution >= 0.6 is 0 Å². The van der Waals surface area contributed by atoms with Gasteiger partial charge in [0, 0.05) is 6.54 Å². The van der Waals surface area contributed by atoms with Gasteiger partial charge in [-0.15, -0.1) is 6.42 Å². The van der Waals surface area contributed by atoms with E-state index in [9.17, 15) is 4.79 Å². The van der Waals surface area contributed by atoms with Crippen molar-refractivity contribution in [1.29, 1.82) is 0 Å². The summed E-state index contributed by atoms with van der Waals surface area (Å²) < 4.78 is 0. The second kappa shape index (κ2) is 7.17. The minimum atomic E-state index is 0.291. The van der Waals surface area contributed by atoms with Crippen LogP contribution < -0.4 is 5.32 Å². The highest BCUT2D eigenvalue weighted by Crippen LogP contribution is 2.10. The number of hydrogen-bond acceptors (Lipinski definition) is 1. The van der Waals surface area contributed by atoms with Crippen molar-refractivity contribution in [1.82, 2.24) is 5.32 Å². The van der Waals surface area contributed by atoms with Gasteiger partial charge in [0.25, 0.3) is 0 Å². The summed E-state index contributed by atoms with van der Waals surface area (Å²) >= 11 is 0. The van der Waals surface area contributed by atoms with Crippen LogP contribution in [-0.2, 0) is 4.79 Å². The van der Waals surface area contributed by atoms with Crippen molar-refractivity contribution in [3.05, 3.63) is 23.8 Å². The summed E-state index contributed by atoms with van der Waals surface area (Å²) in [7, 11) is 0. The molecule has 0 aliphatic carbocycles. The van der Waals surface area contributed by atoms with E-state index in [0.717, 1.165) is 5.57 Å². The second-order valence-electron chi connectivity index (χ2n) is 2.72. The lowest BCUT2D eigenvalue weighted by Crippen LogP contribution is -2.20. The van der Waals surface area contributed by atoms with Gasteiger partial charge in [-0.2, -0.15) is 0 Å². The Labute approximate surface area is 79.7 Å². The minimum Gasteiger partial charge on any atom is -0.358 e. The Morgan fingerprint density at radius 1 is 1.69 bits per heavy atom. The van der Waals surface area contributed by atoms with Crippen LogP contribution in [0, 0.1) is 18.3 Å². The first-order valence-electron chi connectivity index (χ1n) is 4.22. The summed E-state index contributed by atoms with van der Waals surface area (Å²) in [6.07, 6.45) is 11.3. The Kier molecular flexibility index (Phi) is 6.35. The molecule has 1 amide bonds. The van der Waals surface area contributed by atoms with Gasteiger partial charge in [0.05, 0.1) is 0 Å². The smallest absolute Gasteiger partial charge is 0.207 e. The Bertz CT molecular complexity index is 245. The third-order valence-corrected chi connectivity index (χ3v) is 1.78. The monoisotopic (exact) mass is 177 g/mol. The van der Waals surface area contributed by atoms with Crippen LogP contribution in [0.4, 0.5) is 0 Å². The van der Waals surface area contributed by atoms with Crippen LogP contribution in [0.15, 0.2) is 23.8 Å². The van der Waals surface area contributed by atoms with E-state index in [-0.39, 0.29) is 0 Å². The number of rotatable bonds is 5. The average Bonchev–Trinajstić information content (AvgIpc) is 2.16. The number of nitrogens with one attached hydrogen (secondary N) is 1. The molecule has 0 spiro atoms. The van der Waals surface area contributed by atoms with Crippen molar-refractivity contribution in [2.75, 3.05) is 6.54 Å². The van der Waals surface area contributed by atoms with Gasteiger partial charge < -0.3 is 5.32 Å². The number of terminal acetylenes is 1. The standard InChI is InChI=1S/C11H15NO/c1-4-6-7-11(5-2)10(3)8-12-9-13/h1,5-7,9-10H,8H2,2-3H3,(H,12,13)/b7-6-,11-5+. The van der Waals surface area contributed by atoms with Crippen LogP contribution in [0.3, 0.4) is 0 Å². The Balaban J connectivity index is 4.17. The third-order valence-electron chi connectivity index (χ3n) is 1.78. The van der Waals surface area contributed by atoms with Crippen LogP contribution in [-0.4, -0.2) is 13.0 Å². The van der Waals surface area contributed by atoms with Gasteiger partial charge in [0.2, 0.25) is 6.41 Å². The molecule has 0 heterocycles. The van der Waals surface area contributed by atoms with Crippen molar-refractivity contribution < 1.29 is 4.79 Å². The van der Waals surface area contributed by atoms with Crippen molar-refractivity contribution in [2.45, 2.75) is 13.8 Å². The molecule has 1 unspecified atom stereocenters. The molecule has 0 aromatic rings. The zero-order valence-corrected chi connectivity index (χ0v) is 8.08. The van der Waals surface area contributed by atoms with E-state index in [1.165, 1.54) is 0 Å². The largest absolute Gasteiger partial charge is 0.358 e. The maximum atomic E-state index is 10.1. The van der Waals surface area contributed by atoms with Crippen molar-refractivity contribution in [2.24, 2.45) is 5.92 Å². The van der Waals surface area contributed by atoms with E-state index in [4.69, 9.17) is 6.42 Å². The van der Waals surface area contributed by atoms with E-state index in [0.29, 0.717) is 18.9 Å².